The lowest BCUT2D eigenvalue weighted by atomic mass is 10.0. The van der Waals surface area contributed by atoms with Gasteiger partial charge in [-0.3, -0.25) is 0 Å². The predicted octanol–water partition coefficient (Wildman–Crippen LogP) is 0.707. The first-order valence-corrected chi connectivity index (χ1v) is 5.84. The average molecular weight is 198 g/mol. The lowest BCUT2D eigenvalue weighted by Crippen LogP contribution is -2.45. The van der Waals surface area contributed by atoms with E-state index in [1.54, 1.807) is 0 Å². The maximum atomic E-state index is 5.37. The van der Waals surface area contributed by atoms with Crippen LogP contribution in [0.5, 0.6) is 0 Å². The van der Waals surface area contributed by atoms with E-state index in [-0.39, 0.29) is 0 Å². The van der Waals surface area contributed by atoms with Gasteiger partial charge in [-0.05, 0) is 38.8 Å². The second kappa shape index (κ2) is 5.10. The van der Waals surface area contributed by atoms with Gasteiger partial charge in [0.2, 0.25) is 0 Å². The summed E-state index contributed by atoms with van der Waals surface area (Å²) < 4.78 is 5.37. The molecule has 2 rings (SSSR count). The van der Waals surface area contributed by atoms with Gasteiger partial charge in [-0.25, -0.2) is 0 Å². The molecule has 0 aromatic rings. The quantitative estimate of drug-likeness (QED) is 0.723. The Morgan fingerprint density at radius 3 is 3.07 bits per heavy atom. The maximum absolute atomic E-state index is 5.37. The predicted molar refractivity (Wildman–Crippen MR) is 57.4 cm³/mol. The lowest BCUT2D eigenvalue weighted by molar-refractivity contribution is 0.180. The molecule has 14 heavy (non-hydrogen) atoms. The van der Waals surface area contributed by atoms with Crippen molar-refractivity contribution in [2.24, 2.45) is 5.92 Å². The molecule has 0 radical (unpaired) electrons. The Morgan fingerprint density at radius 1 is 1.43 bits per heavy atom. The van der Waals surface area contributed by atoms with Crippen LogP contribution >= 0.6 is 0 Å². The highest BCUT2D eigenvalue weighted by molar-refractivity contribution is 4.78. The van der Waals surface area contributed by atoms with Gasteiger partial charge >= 0.3 is 0 Å². The Hall–Kier alpha value is -0.120. The molecule has 2 unspecified atom stereocenters. The van der Waals surface area contributed by atoms with E-state index in [2.05, 4.69) is 17.3 Å². The summed E-state index contributed by atoms with van der Waals surface area (Å²) in [5.41, 5.74) is 0. The molecule has 0 spiro atoms. The number of hydrogen-bond acceptors (Lipinski definition) is 3. The molecular formula is C11H22N2O. The number of nitrogens with zero attached hydrogens (tertiary/aromatic N) is 1. The lowest BCUT2D eigenvalue weighted by Gasteiger charge is -2.31. The van der Waals surface area contributed by atoms with E-state index in [1.165, 1.54) is 32.4 Å². The number of piperidine rings is 1. The van der Waals surface area contributed by atoms with E-state index in [4.69, 9.17) is 4.74 Å². The maximum Gasteiger partial charge on any atom is 0.0507 e. The molecule has 1 N–H and O–H groups in total. The molecule has 0 bridgehead atoms. The molecule has 82 valence electrons. The van der Waals surface area contributed by atoms with Crippen molar-refractivity contribution < 1.29 is 4.74 Å². The van der Waals surface area contributed by atoms with E-state index >= 15 is 0 Å². The molecule has 2 saturated heterocycles. The van der Waals surface area contributed by atoms with Gasteiger partial charge in [-0.15, -0.1) is 0 Å². The third-order valence-electron chi connectivity index (χ3n) is 3.34. The minimum atomic E-state index is 0.717. The Labute approximate surface area is 86.8 Å². The molecule has 2 heterocycles. The summed E-state index contributed by atoms with van der Waals surface area (Å²) in [5.74, 6) is 0.766. The monoisotopic (exact) mass is 198 g/mol. The second-order valence-corrected chi connectivity index (χ2v) is 4.74. The molecule has 3 heteroatoms. The molecule has 0 aromatic heterocycles. The molecule has 2 atom stereocenters. The summed E-state index contributed by atoms with van der Waals surface area (Å²) >= 11 is 0. The number of hydrogen-bond donors (Lipinski definition) is 1. The van der Waals surface area contributed by atoms with Crippen LogP contribution in [0.25, 0.3) is 0 Å². The smallest absolute Gasteiger partial charge is 0.0507 e. The van der Waals surface area contributed by atoms with Gasteiger partial charge in [-0.2, -0.15) is 0 Å². The van der Waals surface area contributed by atoms with E-state index in [0.29, 0.717) is 6.04 Å². The number of ether oxygens (including phenoxy) is 1. The van der Waals surface area contributed by atoms with E-state index < -0.39 is 0 Å². The van der Waals surface area contributed by atoms with Crippen molar-refractivity contribution in [1.29, 1.82) is 0 Å². The molecule has 0 aliphatic carbocycles. The third kappa shape index (κ3) is 2.94. The Kier molecular flexibility index (Phi) is 3.79. The molecular weight excluding hydrogens is 176 g/mol. The summed E-state index contributed by atoms with van der Waals surface area (Å²) in [7, 11) is 2.21. The molecule has 2 aliphatic heterocycles. The van der Waals surface area contributed by atoms with Crippen molar-refractivity contribution in [1.82, 2.24) is 10.2 Å². The number of likely N-dealkylation sites (N-methyl/N-ethyl adjacent to an activating group) is 1. The van der Waals surface area contributed by atoms with Crippen LogP contribution < -0.4 is 5.32 Å². The Morgan fingerprint density at radius 2 is 2.36 bits per heavy atom. The zero-order valence-electron chi connectivity index (χ0n) is 9.17. The first-order chi connectivity index (χ1) is 6.84. The van der Waals surface area contributed by atoms with Crippen molar-refractivity contribution in [2.45, 2.75) is 25.3 Å². The van der Waals surface area contributed by atoms with Gasteiger partial charge in [0.25, 0.3) is 0 Å². The molecule has 2 fully saturated rings. The highest BCUT2D eigenvalue weighted by Gasteiger charge is 2.20. The van der Waals surface area contributed by atoms with Crippen molar-refractivity contribution >= 4 is 0 Å². The van der Waals surface area contributed by atoms with Crippen molar-refractivity contribution in [3.63, 3.8) is 0 Å². The van der Waals surface area contributed by atoms with Gasteiger partial charge in [0.1, 0.15) is 0 Å². The van der Waals surface area contributed by atoms with Crippen LogP contribution in [0.15, 0.2) is 0 Å². The van der Waals surface area contributed by atoms with E-state index in [0.717, 1.165) is 25.7 Å². The first kappa shape index (κ1) is 10.4. The van der Waals surface area contributed by atoms with Crippen LogP contribution in [-0.2, 0) is 4.74 Å². The van der Waals surface area contributed by atoms with Gasteiger partial charge < -0.3 is 15.0 Å². The van der Waals surface area contributed by atoms with Crippen LogP contribution in [0.3, 0.4) is 0 Å². The topological polar surface area (TPSA) is 24.5 Å². The molecule has 0 aromatic carbocycles. The van der Waals surface area contributed by atoms with Crippen LogP contribution in [0.4, 0.5) is 0 Å². The minimum Gasteiger partial charge on any atom is -0.381 e. The van der Waals surface area contributed by atoms with Crippen LogP contribution in [-0.4, -0.2) is 50.8 Å². The summed E-state index contributed by atoms with van der Waals surface area (Å²) in [4.78, 5) is 2.42. The van der Waals surface area contributed by atoms with Crippen molar-refractivity contribution in [2.75, 3.05) is 39.9 Å². The number of nitrogens with one attached hydrogen (secondary N) is 1. The van der Waals surface area contributed by atoms with Gasteiger partial charge in [0.05, 0.1) is 6.61 Å². The SMILES string of the molecule is CN1CCCC(NCC2CCOC2)C1. The third-order valence-corrected chi connectivity index (χ3v) is 3.34. The van der Waals surface area contributed by atoms with Gasteiger partial charge in [-0.1, -0.05) is 0 Å². The molecule has 0 saturated carbocycles. The van der Waals surface area contributed by atoms with E-state index in [9.17, 15) is 0 Å². The van der Waals surface area contributed by atoms with E-state index in [1.807, 2.05) is 0 Å². The van der Waals surface area contributed by atoms with Crippen molar-refractivity contribution in [3.8, 4) is 0 Å². The summed E-state index contributed by atoms with van der Waals surface area (Å²) in [6.45, 7) is 5.57. The Bertz CT molecular complexity index is 169. The fourth-order valence-corrected chi connectivity index (χ4v) is 2.41. The van der Waals surface area contributed by atoms with Crippen LogP contribution in [0, 0.1) is 5.92 Å². The molecule has 3 nitrogen and oxygen atoms in total. The second-order valence-electron chi connectivity index (χ2n) is 4.74. The largest absolute Gasteiger partial charge is 0.381 e. The minimum absolute atomic E-state index is 0.717. The van der Waals surface area contributed by atoms with Crippen LogP contribution in [0.2, 0.25) is 0 Å². The average Bonchev–Trinajstić information content (AvgIpc) is 2.67. The molecule has 0 amide bonds. The van der Waals surface area contributed by atoms with Gasteiger partial charge in [0.15, 0.2) is 0 Å². The van der Waals surface area contributed by atoms with Crippen LogP contribution in [0.1, 0.15) is 19.3 Å². The zero-order chi connectivity index (χ0) is 9.80. The standard InChI is InChI=1S/C11H22N2O/c1-13-5-2-3-11(8-13)12-7-10-4-6-14-9-10/h10-12H,2-9H2,1H3. The highest BCUT2D eigenvalue weighted by Crippen LogP contribution is 2.13. The summed E-state index contributed by atoms with van der Waals surface area (Å²) in [5, 5.41) is 3.67. The normalized spacial score (nSPS) is 34.9. The number of rotatable bonds is 3. The van der Waals surface area contributed by atoms with Crippen molar-refractivity contribution in [3.05, 3.63) is 0 Å². The highest BCUT2D eigenvalue weighted by atomic mass is 16.5. The van der Waals surface area contributed by atoms with Gasteiger partial charge in [0, 0.05) is 25.7 Å². The first-order valence-electron chi connectivity index (χ1n) is 5.84. The summed E-state index contributed by atoms with van der Waals surface area (Å²) in [6, 6.07) is 0.717. The number of likely N-dealkylation sites (tertiary alicyclic amines) is 1. The fraction of sp³-hybridized carbons (Fsp3) is 1.00. The fourth-order valence-electron chi connectivity index (χ4n) is 2.41. The zero-order valence-corrected chi connectivity index (χ0v) is 9.17. The molecule has 2 aliphatic rings. The summed E-state index contributed by atoms with van der Waals surface area (Å²) in [6.07, 6.45) is 3.93. The Balaban J connectivity index is 1.64.